The summed E-state index contributed by atoms with van der Waals surface area (Å²) in [6.07, 6.45) is 5.15. The van der Waals surface area contributed by atoms with Crippen molar-refractivity contribution >= 4 is 27.8 Å². The molecule has 0 amide bonds. The Balaban J connectivity index is 2.23. The molecule has 18 heavy (non-hydrogen) atoms. The summed E-state index contributed by atoms with van der Waals surface area (Å²) >= 11 is 0. The van der Waals surface area contributed by atoms with Crippen molar-refractivity contribution in [1.29, 1.82) is 0 Å². The summed E-state index contributed by atoms with van der Waals surface area (Å²) in [4.78, 5) is 23.1. The van der Waals surface area contributed by atoms with Crippen molar-refractivity contribution in [3.05, 3.63) is 36.4 Å². The molecule has 0 saturated heterocycles. The highest BCUT2D eigenvalue weighted by molar-refractivity contribution is 6.04. The Morgan fingerprint density at radius 3 is 3.17 bits per heavy atom. The number of H-pyrrole nitrogens is 1. The second-order valence-electron chi connectivity index (χ2n) is 3.88. The van der Waals surface area contributed by atoms with Crippen LogP contribution in [-0.4, -0.2) is 27.5 Å². The Bertz CT molecular complexity index is 733. The van der Waals surface area contributed by atoms with E-state index in [0.717, 1.165) is 16.3 Å². The van der Waals surface area contributed by atoms with Gasteiger partial charge in [0.2, 0.25) is 0 Å². The number of esters is 1. The normalized spacial score (nSPS) is 10.9. The van der Waals surface area contributed by atoms with E-state index in [2.05, 4.69) is 15.0 Å². The lowest BCUT2D eigenvalue weighted by atomic mass is 10.2. The molecule has 3 heterocycles. The highest BCUT2D eigenvalue weighted by atomic mass is 16.5. The van der Waals surface area contributed by atoms with Crippen LogP contribution in [0.2, 0.25) is 0 Å². The molecule has 0 atom stereocenters. The molecule has 0 radical (unpaired) electrons. The van der Waals surface area contributed by atoms with Crippen LogP contribution >= 0.6 is 0 Å². The average molecular weight is 241 g/mol. The fourth-order valence-corrected chi connectivity index (χ4v) is 1.92. The van der Waals surface area contributed by atoms with Gasteiger partial charge in [-0.3, -0.25) is 4.98 Å². The van der Waals surface area contributed by atoms with Gasteiger partial charge in [0.1, 0.15) is 5.52 Å². The molecule has 3 aromatic heterocycles. The summed E-state index contributed by atoms with van der Waals surface area (Å²) < 4.78 is 4.98. The van der Waals surface area contributed by atoms with E-state index in [1.807, 2.05) is 12.1 Å². The van der Waals surface area contributed by atoms with Gasteiger partial charge in [-0.15, -0.1) is 0 Å². The van der Waals surface area contributed by atoms with E-state index in [4.69, 9.17) is 4.74 Å². The Kier molecular flexibility index (Phi) is 2.44. The highest BCUT2D eigenvalue weighted by Gasteiger charge is 2.14. The number of hydrogen-bond donors (Lipinski definition) is 1. The predicted octanol–water partition coefficient (Wildman–Crippen LogP) is 2.29. The van der Waals surface area contributed by atoms with Gasteiger partial charge in [0.25, 0.3) is 0 Å². The third kappa shape index (κ3) is 1.60. The number of aromatic nitrogens is 3. The van der Waals surface area contributed by atoms with E-state index in [1.54, 1.807) is 25.5 Å². The number of hydrogen-bond acceptors (Lipinski definition) is 4. The zero-order valence-electron chi connectivity index (χ0n) is 9.80. The Labute approximate surface area is 103 Å². The van der Waals surface area contributed by atoms with E-state index >= 15 is 0 Å². The summed E-state index contributed by atoms with van der Waals surface area (Å²) in [6.45, 7) is 2.12. The molecule has 0 aliphatic rings. The lowest BCUT2D eigenvalue weighted by Gasteiger charge is -2.00. The fraction of sp³-hybridized carbons (Fsp3) is 0.154. The summed E-state index contributed by atoms with van der Waals surface area (Å²) in [7, 11) is 0. The van der Waals surface area contributed by atoms with Gasteiger partial charge in [0, 0.05) is 23.2 Å². The number of fused-ring (bicyclic) bond motifs is 2. The maximum absolute atomic E-state index is 11.7. The first-order valence-electron chi connectivity index (χ1n) is 5.68. The standard InChI is InChI=1S/C13H11N3O2/c1-2-18-13(17)12-11-9(6-15-12)5-8-3-4-14-7-10(8)16-11/h3-7,15H,2H2,1H3. The SMILES string of the molecule is CCOC(=O)c1[nH]cc2cc3ccncc3nc12. The molecule has 90 valence electrons. The van der Waals surface area contributed by atoms with E-state index in [9.17, 15) is 4.79 Å². The number of nitrogens with zero attached hydrogens (tertiary/aromatic N) is 2. The zero-order chi connectivity index (χ0) is 12.5. The molecular weight excluding hydrogens is 230 g/mol. The zero-order valence-corrected chi connectivity index (χ0v) is 9.80. The molecule has 0 aromatic carbocycles. The van der Waals surface area contributed by atoms with Crippen molar-refractivity contribution in [3.63, 3.8) is 0 Å². The van der Waals surface area contributed by atoms with Gasteiger partial charge in [0.05, 0.1) is 18.3 Å². The van der Waals surface area contributed by atoms with E-state index in [-0.39, 0.29) is 5.97 Å². The van der Waals surface area contributed by atoms with Gasteiger partial charge in [-0.2, -0.15) is 0 Å². The van der Waals surface area contributed by atoms with Crippen molar-refractivity contribution < 1.29 is 9.53 Å². The smallest absolute Gasteiger partial charge is 0.357 e. The first kappa shape index (κ1) is 10.7. The molecule has 3 rings (SSSR count). The van der Waals surface area contributed by atoms with Crippen molar-refractivity contribution in [2.24, 2.45) is 0 Å². The average Bonchev–Trinajstić information content (AvgIpc) is 2.79. The van der Waals surface area contributed by atoms with E-state index in [1.165, 1.54) is 0 Å². The van der Waals surface area contributed by atoms with Crippen LogP contribution in [-0.2, 0) is 4.74 Å². The molecule has 0 bridgehead atoms. The van der Waals surface area contributed by atoms with Gasteiger partial charge in [-0.05, 0) is 19.1 Å². The van der Waals surface area contributed by atoms with Gasteiger partial charge < -0.3 is 9.72 Å². The van der Waals surface area contributed by atoms with Crippen LogP contribution in [0.5, 0.6) is 0 Å². The first-order chi connectivity index (χ1) is 8.79. The molecule has 0 fully saturated rings. The van der Waals surface area contributed by atoms with Gasteiger partial charge in [0.15, 0.2) is 5.69 Å². The summed E-state index contributed by atoms with van der Waals surface area (Å²) in [5.74, 6) is -0.386. The van der Waals surface area contributed by atoms with Crippen LogP contribution in [0.4, 0.5) is 0 Å². The lowest BCUT2D eigenvalue weighted by molar-refractivity contribution is 0.0522. The molecule has 1 N–H and O–H groups in total. The quantitative estimate of drug-likeness (QED) is 0.699. The maximum Gasteiger partial charge on any atom is 0.357 e. The van der Waals surface area contributed by atoms with Crippen molar-refractivity contribution in [2.75, 3.05) is 6.61 Å². The fourth-order valence-electron chi connectivity index (χ4n) is 1.92. The summed E-state index contributed by atoms with van der Waals surface area (Å²) in [5.41, 5.74) is 1.77. The summed E-state index contributed by atoms with van der Waals surface area (Å²) in [6, 6.07) is 3.86. The monoisotopic (exact) mass is 241 g/mol. The number of ether oxygens (including phenoxy) is 1. The van der Waals surface area contributed by atoms with Crippen LogP contribution in [0.3, 0.4) is 0 Å². The highest BCUT2D eigenvalue weighted by Crippen LogP contribution is 2.21. The molecule has 5 heteroatoms. The molecular formula is C13H11N3O2. The Hall–Kier alpha value is -2.43. The minimum atomic E-state index is -0.386. The summed E-state index contributed by atoms with van der Waals surface area (Å²) in [5, 5.41) is 1.88. The molecule has 0 aliphatic heterocycles. The number of aromatic amines is 1. The number of nitrogens with one attached hydrogen (secondary N) is 1. The van der Waals surface area contributed by atoms with Gasteiger partial charge >= 0.3 is 5.97 Å². The molecule has 0 saturated carbocycles. The Morgan fingerprint density at radius 1 is 1.44 bits per heavy atom. The second-order valence-corrected chi connectivity index (χ2v) is 3.88. The molecule has 5 nitrogen and oxygen atoms in total. The molecule has 0 spiro atoms. The minimum Gasteiger partial charge on any atom is -0.461 e. The van der Waals surface area contributed by atoms with Gasteiger partial charge in [-0.1, -0.05) is 0 Å². The Morgan fingerprint density at radius 2 is 2.33 bits per heavy atom. The number of carbonyl (C=O) groups excluding carboxylic acids is 1. The van der Waals surface area contributed by atoms with Crippen LogP contribution in [0.25, 0.3) is 21.8 Å². The van der Waals surface area contributed by atoms with Crippen LogP contribution in [0, 0.1) is 0 Å². The van der Waals surface area contributed by atoms with Crippen LogP contribution in [0.15, 0.2) is 30.7 Å². The molecule has 0 unspecified atom stereocenters. The largest absolute Gasteiger partial charge is 0.461 e. The number of pyridine rings is 2. The first-order valence-corrected chi connectivity index (χ1v) is 5.68. The van der Waals surface area contributed by atoms with E-state index in [0.29, 0.717) is 17.8 Å². The topological polar surface area (TPSA) is 67.9 Å². The molecule has 0 aliphatic carbocycles. The number of rotatable bonds is 2. The number of carbonyl (C=O) groups is 1. The second kappa shape index (κ2) is 4.10. The maximum atomic E-state index is 11.7. The molecule has 3 aromatic rings. The van der Waals surface area contributed by atoms with Crippen LogP contribution < -0.4 is 0 Å². The van der Waals surface area contributed by atoms with Crippen molar-refractivity contribution in [3.8, 4) is 0 Å². The third-order valence-corrected chi connectivity index (χ3v) is 2.74. The van der Waals surface area contributed by atoms with Crippen molar-refractivity contribution in [1.82, 2.24) is 15.0 Å². The van der Waals surface area contributed by atoms with Crippen molar-refractivity contribution in [2.45, 2.75) is 6.92 Å². The third-order valence-electron chi connectivity index (χ3n) is 2.74. The lowest BCUT2D eigenvalue weighted by Crippen LogP contribution is -2.05. The van der Waals surface area contributed by atoms with Gasteiger partial charge in [-0.25, -0.2) is 9.78 Å². The van der Waals surface area contributed by atoms with Crippen LogP contribution in [0.1, 0.15) is 17.4 Å². The van der Waals surface area contributed by atoms with E-state index < -0.39 is 0 Å². The predicted molar refractivity (Wildman–Crippen MR) is 67.4 cm³/mol. The minimum absolute atomic E-state index is 0.342.